The molecule has 4 nitrogen and oxygen atoms in total. The predicted molar refractivity (Wildman–Crippen MR) is 90.4 cm³/mol. The highest BCUT2D eigenvalue weighted by atomic mass is 35.5. The molecule has 114 valence electrons. The maximum absolute atomic E-state index is 11.4. The van der Waals surface area contributed by atoms with Crippen molar-refractivity contribution < 1.29 is 4.79 Å². The van der Waals surface area contributed by atoms with Crippen molar-refractivity contribution >= 4 is 40.5 Å². The molecular weight excluding hydrogens is 309 g/mol. The lowest BCUT2D eigenvalue weighted by Gasteiger charge is -2.10. The van der Waals surface area contributed by atoms with Crippen molar-refractivity contribution in [3.8, 4) is 0 Å². The standard InChI is InChI=1S/C13H13Cl2N3O.C2H6/c1-3-8-12(17-18-13(8)19)6-16-11-4-7(2)9(14)5-10(11)15;1-2/h3-5,16H,6H2,1-2H3,(H,18,19);1-2H3/b8-3+;. The van der Waals surface area contributed by atoms with Gasteiger partial charge in [0.05, 0.1) is 28.5 Å². The molecule has 0 spiro atoms. The van der Waals surface area contributed by atoms with Gasteiger partial charge in [-0.1, -0.05) is 43.1 Å². The highest BCUT2D eigenvalue weighted by Crippen LogP contribution is 2.28. The Morgan fingerprint density at radius 1 is 1.29 bits per heavy atom. The number of allylic oxidation sites excluding steroid dienone is 1. The first-order chi connectivity index (χ1) is 10.0. The number of halogens is 2. The van der Waals surface area contributed by atoms with Crippen LogP contribution in [-0.2, 0) is 4.79 Å². The van der Waals surface area contributed by atoms with Gasteiger partial charge in [-0.2, -0.15) is 5.10 Å². The van der Waals surface area contributed by atoms with Crippen molar-refractivity contribution in [3.63, 3.8) is 0 Å². The fraction of sp³-hybridized carbons (Fsp3) is 0.333. The van der Waals surface area contributed by atoms with E-state index in [2.05, 4.69) is 15.8 Å². The molecule has 2 N–H and O–H groups in total. The summed E-state index contributed by atoms with van der Waals surface area (Å²) in [5.74, 6) is -0.183. The van der Waals surface area contributed by atoms with Crippen LogP contribution in [0.3, 0.4) is 0 Å². The highest BCUT2D eigenvalue weighted by Gasteiger charge is 2.21. The van der Waals surface area contributed by atoms with E-state index in [-0.39, 0.29) is 5.91 Å². The zero-order valence-corrected chi connectivity index (χ0v) is 14.1. The van der Waals surface area contributed by atoms with Crippen LogP contribution in [0.15, 0.2) is 28.9 Å². The number of carbonyl (C=O) groups is 1. The Hall–Kier alpha value is -1.52. The molecule has 0 unspecified atom stereocenters. The van der Waals surface area contributed by atoms with Crippen LogP contribution in [0.2, 0.25) is 10.0 Å². The number of amides is 1. The molecule has 1 amide bonds. The second-order valence-corrected chi connectivity index (χ2v) is 4.95. The van der Waals surface area contributed by atoms with Gasteiger partial charge in [-0.25, -0.2) is 5.43 Å². The van der Waals surface area contributed by atoms with E-state index in [1.54, 1.807) is 19.1 Å². The van der Waals surface area contributed by atoms with Gasteiger partial charge in [-0.05, 0) is 31.5 Å². The van der Waals surface area contributed by atoms with Crippen LogP contribution in [-0.4, -0.2) is 18.2 Å². The van der Waals surface area contributed by atoms with Gasteiger partial charge < -0.3 is 5.32 Å². The molecule has 1 aromatic rings. The molecule has 6 heteroatoms. The minimum absolute atomic E-state index is 0.183. The third-order valence-electron chi connectivity index (χ3n) is 2.83. The molecule has 0 saturated carbocycles. The van der Waals surface area contributed by atoms with Crippen LogP contribution < -0.4 is 10.7 Å². The summed E-state index contributed by atoms with van der Waals surface area (Å²) in [6.45, 7) is 8.12. The Kier molecular flexibility index (Phi) is 6.72. The van der Waals surface area contributed by atoms with E-state index < -0.39 is 0 Å². The topological polar surface area (TPSA) is 53.5 Å². The van der Waals surface area contributed by atoms with Gasteiger partial charge in [0.15, 0.2) is 0 Å². The normalized spacial score (nSPS) is 15.2. The van der Waals surface area contributed by atoms with Crippen LogP contribution >= 0.6 is 23.2 Å². The summed E-state index contributed by atoms with van der Waals surface area (Å²) in [5, 5.41) is 8.29. The summed E-state index contributed by atoms with van der Waals surface area (Å²) in [4.78, 5) is 11.4. The number of carbonyl (C=O) groups excluding carboxylic acids is 1. The van der Waals surface area contributed by atoms with Crippen molar-refractivity contribution in [2.75, 3.05) is 11.9 Å². The molecular formula is C15H19Cl2N3O. The van der Waals surface area contributed by atoms with E-state index in [1.165, 1.54) is 0 Å². The van der Waals surface area contributed by atoms with Crippen LogP contribution in [0.5, 0.6) is 0 Å². The molecule has 0 aliphatic carbocycles. The predicted octanol–water partition coefficient (Wildman–Crippen LogP) is 4.17. The lowest BCUT2D eigenvalue weighted by Crippen LogP contribution is -2.17. The molecule has 2 rings (SSSR count). The number of hydrazone groups is 1. The Morgan fingerprint density at radius 3 is 2.57 bits per heavy atom. The number of aryl methyl sites for hydroxylation is 1. The van der Waals surface area contributed by atoms with E-state index in [1.807, 2.05) is 26.8 Å². The Morgan fingerprint density at radius 2 is 1.95 bits per heavy atom. The third kappa shape index (κ3) is 4.22. The number of nitrogens with one attached hydrogen (secondary N) is 2. The maximum Gasteiger partial charge on any atom is 0.273 e. The Balaban J connectivity index is 0.00000106. The van der Waals surface area contributed by atoms with Crippen LogP contribution in [0, 0.1) is 6.92 Å². The molecule has 0 aromatic heterocycles. The van der Waals surface area contributed by atoms with Crippen molar-refractivity contribution in [2.45, 2.75) is 27.7 Å². The van der Waals surface area contributed by atoms with Gasteiger partial charge in [-0.3, -0.25) is 4.79 Å². The fourth-order valence-electron chi connectivity index (χ4n) is 1.77. The summed E-state index contributed by atoms with van der Waals surface area (Å²) in [6, 6.07) is 3.56. The Bertz CT molecular complexity index is 595. The van der Waals surface area contributed by atoms with Gasteiger partial charge in [0.1, 0.15) is 0 Å². The third-order valence-corrected chi connectivity index (χ3v) is 3.55. The van der Waals surface area contributed by atoms with Gasteiger partial charge in [0.25, 0.3) is 5.91 Å². The zero-order valence-electron chi connectivity index (χ0n) is 12.6. The van der Waals surface area contributed by atoms with E-state index in [9.17, 15) is 4.79 Å². The number of anilines is 1. The largest absolute Gasteiger partial charge is 0.378 e. The molecule has 0 radical (unpaired) electrons. The molecule has 0 bridgehead atoms. The lowest BCUT2D eigenvalue weighted by atomic mass is 10.1. The summed E-state index contributed by atoms with van der Waals surface area (Å²) < 4.78 is 0. The maximum atomic E-state index is 11.4. The first-order valence-corrected chi connectivity index (χ1v) is 7.51. The Labute approximate surface area is 135 Å². The van der Waals surface area contributed by atoms with Crippen LogP contribution in [0.1, 0.15) is 26.3 Å². The zero-order chi connectivity index (χ0) is 16.0. The SMILES string of the molecule is C/C=C1/C(=O)NN=C1CNc1cc(C)c(Cl)cc1Cl.CC. The molecule has 1 aliphatic rings. The quantitative estimate of drug-likeness (QED) is 0.818. The molecule has 0 atom stereocenters. The van der Waals surface area contributed by atoms with Crippen LogP contribution in [0.4, 0.5) is 5.69 Å². The molecule has 0 fully saturated rings. The average Bonchev–Trinajstić information content (AvgIpc) is 2.83. The molecule has 21 heavy (non-hydrogen) atoms. The number of benzene rings is 1. The molecule has 1 aliphatic heterocycles. The number of hydrogen-bond acceptors (Lipinski definition) is 3. The van der Waals surface area contributed by atoms with E-state index in [0.717, 1.165) is 11.3 Å². The average molecular weight is 328 g/mol. The van der Waals surface area contributed by atoms with Crippen molar-refractivity contribution in [3.05, 3.63) is 39.4 Å². The number of rotatable bonds is 3. The smallest absolute Gasteiger partial charge is 0.273 e. The summed E-state index contributed by atoms with van der Waals surface area (Å²) in [5.41, 5.74) is 5.37. The van der Waals surface area contributed by atoms with Gasteiger partial charge in [0, 0.05) is 5.02 Å². The number of hydrogen-bond donors (Lipinski definition) is 2. The van der Waals surface area contributed by atoms with Gasteiger partial charge in [0.2, 0.25) is 0 Å². The van der Waals surface area contributed by atoms with E-state index >= 15 is 0 Å². The summed E-state index contributed by atoms with van der Waals surface area (Å²) >= 11 is 12.1. The molecule has 0 saturated heterocycles. The van der Waals surface area contributed by atoms with Crippen molar-refractivity contribution in [1.29, 1.82) is 0 Å². The molecule has 1 heterocycles. The highest BCUT2D eigenvalue weighted by molar-refractivity contribution is 6.37. The van der Waals surface area contributed by atoms with Crippen molar-refractivity contribution in [1.82, 2.24) is 5.43 Å². The first kappa shape index (κ1) is 17.5. The van der Waals surface area contributed by atoms with Crippen LogP contribution in [0.25, 0.3) is 0 Å². The monoisotopic (exact) mass is 327 g/mol. The lowest BCUT2D eigenvalue weighted by molar-refractivity contribution is -0.116. The summed E-state index contributed by atoms with van der Waals surface area (Å²) in [7, 11) is 0. The van der Waals surface area contributed by atoms with E-state index in [4.69, 9.17) is 23.2 Å². The van der Waals surface area contributed by atoms with Gasteiger partial charge in [-0.15, -0.1) is 0 Å². The minimum atomic E-state index is -0.183. The van der Waals surface area contributed by atoms with E-state index in [0.29, 0.717) is 27.9 Å². The summed E-state index contributed by atoms with van der Waals surface area (Å²) in [6.07, 6.45) is 1.73. The second kappa shape index (κ2) is 8.05. The number of nitrogens with zero attached hydrogens (tertiary/aromatic N) is 1. The second-order valence-electron chi connectivity index (χ2n) is 4.14. The first-order valence-electron chi connectivity index (χ1n) is 6.76. The van der Waals surface area contributed by atoms with Crippen molar-refractivity contribution in [2.24, 2.45) is 5.10 Å². The molecule has 1 aromatic carbocycles. The van der Waals surface area contributed by atoms with Gasteiger partial charge >= 0.3 is 0 Å². The minimum Gasteiger partial charge on any atom is -0.378 e. The fourth-order valence-corrected chi connectivity index (χ4v) is 2.22.